The molecule has 0 aliphatic heterocycles. The van der Waals surface area contributed by atoms with Crippen LogP contribution < -0.4 is 10.4 Å². The Bertz CT molecular complexity index is 1130. The van der Waals surface area contributed by atoms with Crippen LogP contribution in [0, 0.1) is 5.92 Å². The molecule has 0 saturated carbocycles. The molecule has 0 spiro atoms. The number of benzene rings is 2. The number of aromatic nitrogens is 2. The molecule has 2 aromatic carbocycles. The monoisotopic (exact) mass is 479 g/mol. The van der Waals surface area contributed by atoms with Gasteiger partial charge in [0.1, 0.15) is 0 Å². The number of sulfone groups is 1. The van der Waals surface area contributed by atoms with Crippen molar-refractivity contribution >= 4 is 29.3 Å². The van der Waals surface area contributed by atoms with Crippen molar-refractivity contribution in [2.45, 2.75) is 37.8 Å². The van der Waals surface area contributed by atoms with E-state index in [0.29, 0.717) is 13.0 Å². The molecule has 0 aliphatic carbocycles. The molecule has 1 radical (unpaired) electrons. The molecule has 3 aromatic rings. The van der Waals surface area contributed by atoms with Gasteiger partial charge in [0.05, 0.1) is 5.75 Å². The highest BCUT2D eigenvalue weighted by molar-refractivity contribution is 7.91. The van der Waals surface area contributed by atoms with Gasteiger partial charge in [-0.3, -0.25) is 0 Å². The van der Waals surface area contributed by atoms with Crippen molar-refractivity contribution in [3.05, 3.63) is 91.3 Å². The van der Waals surface area contributed by atoms with Gasteiger partial charge in [-0.1, -0.05) is 81.4 Å². The third kappa shape index (κ3) is 6.93. The van der Waals surface area contributed by atoms with Gasteiger partial charge in [-0.15, -0.1) is 6.58 Å². The van der Waals surface area contributed by atoms with Crippen LogP contribution in [0.15, 0.2) is 90.9 Å². The second-order valence-corrected chi connectivity index (χ2v) is 13.1. The Morgan fingerprint density at radius 3 is 2.15 bits per heavy atom. The Morgan fingerprint density at radius 2 is 1.58 bits per heavy atom. The quantitative estimate of drug-likeness (QED) is 0.253. The zero-order valence-electron chi connectivity index (χ0n) is 19.4. The van der Waals surface area contributed by atoms with Crippen molar-refractivity contribution in [3.8, 4) is 0 Å². The highest BCUT2D eigenvalue weighted by Crippen LogP contribution is 2.21. The average molecular weight is 480 g/mol. The molecule has 7 heteroatoms. The van der Waals surface area contributed by atoms with Crippen LogP contribution in [0.4, 0.5) is 0 Å². The number of nitrogens with zero attached hydrogens (tertiary/aromatic N) is 2. The summed E-state index contributed by atoms with van der Waals surface area (Å²) in [6.07, 6.45) is 5.15. The summed E-state index contributed by atoms with van der Waals surface area (Å²) in [5.41, 5.74) is 1.33. The van der Waals surface area contributed by atoms with E-state index in [-0.39, 0.29) is 22.2 Å². The predicted molar refractivity (Wildman–Crippen MR) is 135 cm³/mol. The molecule has 0 fully saturated rings. The summed E-state index contributed by atoms with van der Waals surface area (Å²) in [4.78, 5) is 7.85. The van der Waals surface area contributed by atoms with E-state index in [0.717, 1.165) is 10.4 Å². The van der Waals surface area contributed by atoms with Gasteiger partial charge in [-0.2, -0.15) is 0 Å². The second-order valence-electron chi connectivity index (χ2n) is 9.04. The smallest absolute Gasteiger partial charge is 0.282 e. The summed E-state index contributed by atoms with van der Waals surface area (Å²) >= 11 is 0. The van der Waals surface area contributed by atoms with Gasteiger partial charge in [-0.25, -0.2) is 18.4 Å². The van der Waals surface area contributed by atoms with Crippen molar-refractivity contribution in [2.75, 3.05) is 12.4 Å². The summed E-state index contributed by atoms with van der Waals surface area (Å²) in [7, 11) is -5.17. The molecule has 0 saturated heterocycles. The maximum Gasteiger partial charge on any atom is 0.282 e. The largest absolute Gasteiger partial charge is 0.407 e. The molecule has 0 amide bonds. The van der Waals surface area contributed by atoms with Crippen molar-refractivity contribution in [3.63, 3.8) is 0 Å². The number of hydrogen-bond acceptors (Lipinski definition) is 5. The molecule has 1 heterocycles. The van der Waals surface area contributed by atoms with Crippen LogP contribution in [0.3, 0.4) is 0 Å². The standard InChI is InChI=1S/C26H31N2O3SSi/c1-5-10-21(20-32(29,30)25-27-17-9-18-28-25)19-31-33(23-11-7-6-8-12-23)24-15-13-22(14-16-24)26(2,3)4/h5-9,11-18,21H,1,10,19-20H2,2-4H3/t21-/m0/s1. The van der Waals surface area contributed by atoms with Crippen molar-refractivity contribution in [1.29, 1.82) is 0 Å². The maximum absolute atomic E-state index is 12.8. The van der Waals surface area contributed by atoms with Gasteiger partial charge in [0, 0.05) is 19.0 Å². The van der Waals surface area contributed by atoms with E-state index in [1.54, 1.807) is 12.1 Å². The Balaban J connectivity index is 1.82. The van der Waals surface area contributed by atoms with Crippen molar-refractivity contribution < 1.29 is 12.8 Å². The fourth-order valence-electron chi connectivity index (χ4n) is 3.50. The van der Waals surface area contributed by atoms with E-state index in [1.807, 2.05) is 18.2 Å². The lowest BCUT2D eigenvalue weighted by Gasteiger charge is -2.23. The highest BCUT2D eigenvalue weighted by Gasteiger charge is 2.26. The Morgan fingerprint density at radius 1 is 0.970 bits per heavy atom. The van der Waals surface area contributed by atoms with Gasteiger partial charge in [-0.05, 0) is 39.8 Å². The minimum absolute atomic E-state index is 0.0714. The summed E-state index contributed by atoms with van der Waals surface area (Å²) in [5.74, 6) is -0.329. The van der Waals surface area contributed by atoms with E-state index in [9.17, 15) is 8.42 Å². The van der Waals surface area contributed by atoms with Gasteiger partial charge < -0.3 is 4.43 Å². The third-order valence-corrected chi connectivity index (χ3v) is 9.14. The molecule has 173 valence electrons. The van der Waals surface area contributed by atoms with E-state index < -0.39 is 18.9 Å². The Labute approximate surface area is 199 Å². The normalized spacial score (nSPS) is 13.1. The first-order valence-electron chi connectivity index (χ1n) is 11.0. The van der Waals surface area contributed by atoms with Crippen molar-refractivity contribution in [2.24, 2.45) is 5.92 Å². The first kappa shape index (κ1) is 25.0. The third-order valence-electron chi connectivity index (χ3n) is 5.29. The van der Waals surface area contributed by atoms with Gasteiger partial charge >= 0.3 is 0 Å². The average Bonchev–Trinajstić information content (AvgIpc) is 2.80. The molecule has 0 bridgehead atoms. The Kier molecular flexibility index (Phi) is 8.34. The van der Waals surface area contributed by atoms with Crippen LogP contribution in [0.25, 0.3) is 0 Å². The SMILES string of the molecule is C=CC[C@@H](CO[Si](c1ccccc1)c1ccc(C(C)(C)C)cc1)CS(=O)(=O)c1ncccn1. The zero-order valence-corrected chi connectivity index (χ0v) is 21.3. The highest BCUT2D eigenvalue weighted by atomic mass is 32.2. The molecule has 5 nitrogen and oxygen atoms in total. The number of rotatable bonds is 10. The topological polar surface area (TPSA) is 69.2 Å². The first-order valence-corrected chi connectivity index (χ1v) is 14.0. The van der Waals surface area contributed by atoms with Crippen LogP contribution in [0.1, 0.15) is 32.8 Å². The molecular formula is C26H31N2O3SSi. The maximum atomic E-state index is 12.8. The molecule has 3 rings (SSSR count). The lowest BCUT2D eigenvalue weighted by Crippen LogP contribution is -2.46. The molecule has 0 aliphatic rings. The van der Waals surface area contributed by atoms with E-state index in [1.165, 1.54) is 18.0 Å². The summed E-state index contributed by atoms with van der Waals surface area (Å²) < 4.78 is 32.1. The van der Waals surface area contributed by atoms with E-state index in [4.69, 9.17) is 4.43 Å². The fourth-order valence-corrected chi connectivity index (χ4v) is 6.97. The molecule has 0 unspecified atom stereocenters. The second kappa shape index (κ2) is 11.0. The van der Waals surface area contributed by atoms with Crippen LogP contribution in [-0.2, 0) is 19.7 Å². The molecular weight excluding hydrogens is 448 g/mol. The fraction of sp³-hybridized carbons (Fsp3) is 0.308. The number of allylic oxidation sites excluding steroid dienone is 1. The van der Waals surface area contributed by atoms with Crippen LogP contribution in [0.2, 0.25) is 0 Å². The molecule has 0 N–H and O–H groups in total. The lowest BCUT2D eigenvalue weighted by molar-refractivity contribution is 0.272. The van der Waals surface area contributed by atoms with Gasteiger partial charge in [0.2, 0.25) is 15.0 Å². The molecule has 1 atom stereocenters. The van der Waals surface area contributed by atoms with Gasteiger partial charge in [0.15, 0.2) is 0 Å². The first-order chi connectivity index (χ1) is 15.7. The summed E-state index contributed by atoms with van der Waals surface area (Å²) in [6.45, 7) is 10.7. The minimum Gasteiger partial charge on any atom is -0.407 e. The van der Waals surface area contributed by atoms with E-state index >= 15 is 0 Å². The number of hydrogen-bond donors (Lipinski definition) is 0. The van der Waals surface area contributed by atoms with Crippen molar-refractivity contribution in [1.82, 2.24) is 9.97 Å². The molecule has 33 heavy (non-hydrogen) atoms. The minimum atomic E-state index is -3.62. The summed E-state index contributed by atoms with van der Waals surface area (Å²) in [5, 5.41) is 2.11. The van der Waals surface area contributed by atoms with Crippen LogP contribution >= 0.6 is 0 Å². The van der Waals surface area contributed by atoms with E-state index in [2.05, 4.69) is 73.7 Å². The van der Waals surface area contributed by atoms with Crippen LogP contribution in [-0.4, -0.2) is 39.8 Å². The molecule has 1 aromatic heterocycles. The van der Waals surface area contributed by atoms with Crippen LogP contribution in [0.5, 0.6) is 0 Å². The van der Waals surface area contributed by atoms with Gasteiger partial charge in [0.25, 0.3) is 9.04 Å². The summed E-state index contributed by atoms with van der Waals surface area (Å²) in [6, 6.07) is 20.3. The zero-order chi connectivity index (χ0) is 23.9. The lowest BCUT2D eigenvalue weighted by atomic mass is 9.87. The Hall–Kier alpha value is -2.61. The predicted octanol–water partition coefficient (Wildman–Crippen LogP) is 3.56.